The lowest BCUT2D eigenvalue weighted by molar-refractivity contribution is -0.0273. The number of aliphatic hydroxyl groups is 1. The highest BCUT2D eigenvalue weighted by Gasteiger charge is 2.51. The van der Waals surface area contributed by atoms with E-state index in [1.54, 1.807) is 26.1 Å². The lowest BCUT2D eigenvalue weighted by Gasteiger charge is -2.61. The maximum atomic E-state index is 13.9. The first kappa shape index (κ1) is 25.2. The number of aryl methyl sites for hydroxylation is 1. The molecule has 0 amide bonds. The molecule has 0 atom stereocenters. The molecule has 7 nitrogen and oxygen atoms in total. The van der Waals surface area contributed by atoms with Crippen LogP contribution in [-0.4, -0.2) is 64.1 Å². The second-order valence-corrected chi connectivity index (χ2v) is 10.9. The summed E-state index contributed by atoms with van der Waals surface area (Å²) < 4.78 is 27.4. The second-order valence-electron chi connectivity index (χ2n) is 10.9. The summed E-state index contributed by atoms with van der Waals surface area (Å²) in [5.41, 5.74) is 3.65. The molecule has 1 N–H and O–H groups in total. The van der Waals surface area contributed by atoms with E-state index in [1.165, 1.54) is 11.8 Å². The van der Waals surface area contributed by atoms with Crippen LogP contribution in [0.2, 0.25) is 0 Å². The summed E-state index contributed by atoms with van der Waals surface area (Å²) in [6.45, 7) is 10.1. The molecule has 0 unspecified atom stereocenters. The largest absolute Gasteiger partial charge is 0.392 e. The van der Waals surface area contributed by atoms with Gasteiger partial charge in [-0.25, -0.2) is 8.78 Å². The van der Waals surface area contributed by atoms with Crippen LogP contribution in [0.1, 0.15) is 36.4 Å². The minimum absolute atomic E-state index is 0.0623. The van der Waals surface area contributed by atoms with Gasteiger partial charge < -0.3 is 14.8 Å². The number of hydrogen-bond acceptors (Lipinski definition) is 7. The number of pyridine rings is 2. The van der Waals surface area contributed by atoms with Gasteiger partial charge >= 0.3 is 0 Å². The first-order chi connectivity index (χ1) is 17.6. The van der Waals surface area contributed by atoms with Crippen molar-refractivity contribution in [3.05, 3.63) is 89.0 Å². The van der Waals surface area contributed by atoms with Crippen LogP contribution in [0.5, 0.6) is 0 Å². The Balaban J connectivity index is 1.21. The van der Waals surface area contributed by atoms with E-state index in [0.29, 0.717) is 16.7 Å². The maximum absolute atomic E-state index is 13.9. The van der Waals surface area contributed by atoms with E-state index >= 15 is 0 Å². The molecule has 5 rings (SSSR count). The minimum atomic E-state index is -1.09. The van der Waals surface area contributed by atoms with Crippen molar-refractivity contribution >= 4 is 11.4 Å². The van der Waals surface area contributed by atoms with Crippen LogP contribution >= 0.6 is 0 Å². The fourth-order valence-corrected chi connectivity index (χ4v) is 4.95. The van der Waals surface area contributed by atoms with Crippen LogP contribution in [0.3, 0.4) is 0 Å². The summed E-state index contributed by atoms with van der Waals surface area (Å²) >= 11 is 0. The fourth-order valence-electron chi connectivity index (χ4n) is 4.95. The molecule has 1 spiro atoms. The Morgan fingerprint density at radius 3 is 2.49 bits per heavy atom. The van der Waals surface area contributed by atoms with Gasteiger partial charge in [0.15, 0.2) is 11.6 Å². The molecule has 9 heteroatoms. The summed E-state index contributed by atoms with van der Waals surface area (Å²) in [6, 6.07) is 11.5. The Hall–Kier alpha value is -3.43. The summed E-state index contributed by atoms with van der Waals surface area (Å²) in [7, 11) is 0. The number of halogens is 2. The van der Waals surface area contributed by atoms with Gasteiger partial charge in [0.2, 0.25) is 0 Å². The molecule has 2 aliphatic rings. The highest BCUT2D eigenvalue weighted by atomic mass is 19.2. The molecule has 2 aliphatic heterocycles. The zero-order valence-electron chi connectivity index (χ0n) is 21.3. The quantitative estimate of drug-likeness (QED) is 0.368. The third kappa shape index (κ3) is 5.78. The monoisotopic (exact) mass is 507 g/mol. The lowest BCUT2D eigenvalue weighted by Crippen LogP contribution is -2.71. The van der Waals surface area contributed by atoms with Crippen LogP contribution in [0.4, 0.5) is 14.5 Å². The van der Waals surface area contributed by atoms with Crippen LogP contribution in [0.15, 0.2) is 60.0 Å². The molecular weight excluding hydrogens is 476 g/mol. The molecule has 0 saturated carbocycles. The van der Waals surface area contributed by atoms with Crippen molar-refractivity contribution in [2.75, 3.05) is 37.7 Å². The van der Waals surface area contributed by atoms with Gasteiger partial charge in [-0.15, -0.1) is 0 Å². The molecule has 2 saturated heterocycles. The summed E-state index contributed by atoms with van der Waals surface area (Å²) in [4.78, 5) is 18.9. The van der Waals surface area contributed by atoms with Gasteiger partial charge in [0.1, 0.15) is 12.3 Å². The van der Waals surface area contributed by atoms with E-state index in [0.717, 1.165) is 56.1 Å². The van der Waals surface area contributed by atoms with Gasteiger partial charge in [-0.2, -0.15) is 0 Å². The average Bonchev–Trinajstić information content (AvgIpc) is 2.79. The van der Waals surface area contributed by atoms with E-state index < -0.39 is 17.2 Å². The summed E-state index contributed by atoms with van der Waals surface area (Å²) in [6.07, 6.45) is 3.64. The van der Waals surface area contributed by atoms with Gasteiger partial charge in [-0.05, 0) is 62.7 Å². The lowest BCUT2D eigenvalue weighted by atomic mass is 9.72. The van der Waals surface area contributed by atoms with E-state index in [1.807, 2.05) is 19.2 Å². The number of anilines is 1. The topological polar surface area (TPSA) is 74.1 Å². The molecule has 0 radical (unpaired) electrons. The average molecular weight is 508 g/mol. The predicted molar refractivity (Wildman–Crippen MR) is 137 cm³/mol. The molecule has 4 heterocycles. The molecule has 3 aromatic rings. The predicted octanol–water partition coefficient (Wildman–Crippen LogP) is 3.93. The van der Waals surface area contributed by atoms with Crippen molar-refractivity contribution in [2.24, 2.45) is 10.6 Å². The second kappa shape index (κ2) is 9.79. The minimum Gasteiger partial charge on any atom is -0.392 e. The van der Waals surface area contributed by atoms with Crippen molar-refractivity contribution < 1.29 is 18.7 Å². The van der Waals surface area contributed by atoms with Crippen LogP contribution in [0, 0.1) is 24.0 Å². The van der Waals surface area contributed by atoms with Crippen LogP contribution in [-0.2, 0) is 11.4 Å². The Morgan fingerprint density at radius 1 is 1.05 bits per heavy atom. The molecule has 1 aromatic carbocycles. The van der Waals surface area contributed by atoms with E-state index in [9.17, 15) is 13.9 Å². The van der Waals surface area contributed by atoms with E-state index in [4.69, 9.17) is 4.84 Å². The standard InChI is InChI=1S/C28H31F2N5O2/c1-19-10-22(8-9-31-19)35-16-28(17-35)14-34(15-28)13-20-4-7-25(32-12-20)26(33-37-18-27(2,3)36)21-5-6-23(29)24(30)11-21/h4-12,36H,13-18H2,1-3H3/b33-26+. The third-order valence-corrected chi connectivity index (χ3v) is 6.66. The maximum Gasteiger partial charge on any atom is 0.159 e. The third-order valence-electron chi connectivity index (χ3n) is 6.66. The zero-order valence-corrected chi connectivity index (χ0v) is 21.3. The Bertz CT molecular complexity index is 1290. The van der Waals surface area contributed by atoms with Crippen LogP contribution in [0.25, 0.3) is 0 Å². The number of oxime groups is 1. The van der Waals surface area contributed by atoms with Crippen molar-refractivity contribution in [3.63, 3.8) is 0 Å². The number of aromatic nitrogens is 2. The first-order valence-electron chi connectivity index (χ1n) is 12.3. The highest BCUT2D eigenvalue weighted by Crippen LogP contribution is 2.42. The molecular formula is C28H31F2N5O2. The van der Waals surface area contributed by atoms with E-state index in [-0.39, 0.29) is 12.3 Å². The van der Waals surface area contributed by atoms with Gasteiger partial charge in [0, 0.05) is 67.5 Å². The molecule has 0 bridgehead atoms. The fraction of sp³-hybridized carbons (Fsp3) is 0.393. The summed E-state index contributed by atoms with van der Waals surface area (Å²) in [5.74, 6) is -1.92. The molecule has 194 valence electrons. The van der Waals surface area contributed by atoms with Crippen LogP contribution < -0.4 is 4.90 Å². The smallest absolute Gasteiger partial charge is 0.159 e. The first-order valence-corrected chi connectivity index (χ1v) is 12.3. The molecule has 2 fully saturated rings. The number of benzene rings is 1. The van der Waals surface area contributed by atoms with Crippen molar-refractivity contribution in [3.8, 4) is 0 Å². The molecule has 0 aliphatic carbocycles. The normalized spacial score (nSPS) is 17.5. The Morgan fingerprint density at radius 2 is 1.84 bits per heavy atom. The Labute approximate surface area is 215 Å². The number of nitrogens with zero attached hydrogens (tertiary/aromatic N) is 5. The van der Waals surface area contributed by atoms with Gasteiger partial charge in [0.25, 0.3) is 0 Å². The SMILES string of the molecule is Cc1cc(N2CC3(CN(Cc4ccc(/C(=N/OCC(C)(C)O)c5ccc(F)c(F)c5)nc4)C3)C2)ccn1. The Kier molecular flexibility index (Phi) is 6.68. The van der Waals surface area contributed by atoms with E-state index in [2.05, 4.69) is 37.1 Å². The number of likely N-dealkylation sites (tertiary alicyclic amines) is 1. The van der Waals surface area contributed by atoms with Gasteiger partial charge in [0.05, 0.1) is 11.3 Å². The van der Waals surface area contributed by atoms with Crippen molar-refractivity contribution in [1.82, 2.24) is 14.9 Å². The number of rotatable bonds is 8. The van der Waals surface area contributed by atoms with Crippen molar-refractivity contribution in [1.29, 1.82) is 0 Å². The molecule has 2 aromatic heterocycles. The molecule has 37 heavy (non-hydrogen) atoms. The van der Waals surface area contributed by atoms with Crippen molar-refractivity contribution in [2.45, 2.75) is 32.9 Å². The summed E-state index contributed by atoms with van der Waals surface area (Å²) in [5, 5.41) is 14.0. The van der Waals surface area contributed by atoms with Gasteiger partial charge in [-0.3, -0.25) is 14.9 Å². The zero-order chi connectivity index (χ0) is 26.2. The van der Waals surface area contributed by atoms with Gasteiger partial charge in [-0.1, -0.05) is 11.2 Å². The highest BCUT2D eigenvalue weighted by molar-refractivity contribution is 6.11. The number of hydrogen-bond donors (Lipinski definition) is 1.